The minimum atomic E-state index is -0.633. The molecule has 2 aromatic heterocycles. The van der Waals surface area contributed by atoms with Gasteiger partial charge in [-0.25, -0.2) is 4.98 Å². The number of carbonyl (C=O) groups is 1. The summed E-state index contributed by atoms with van der Waals surface area (Å²) in [5.74, 6) is 0.635. The summed E-state index contributed by atoms with van der Waals surface area (Å²) in [4.78, 5) is 22.1. The molecule has 1 amide bonds. The molecule has 1 fully saturated rings. The van der Waals surface area contributed by atoms with E-state index in [9.17, 15) is 4.79 Å². The monoisotopic (exact) mass is 423 g/mol. The van der Waals surface area contributed by atoms with Crippen molar-refractivity contribution < 1.29 is 9.53 Å². The Labute approximate surface area is 179 Å². The molecule has 1 aliphatic rings. The van der Waals surface area contributed by atoms with Crippen LogP contribution in [0.5, 0.6) is 5.75 Å². The van der Waals surface area contributed by atoms with Gasteiger partial charge in [-0.3, -0.25) is 4.79 Å². The van der Waals surface area contributed by atoms with Gasteiger partial charge in [0.05, 0.1) is 19.5 Å². The van der Waals surface area contributed by atoms with Gasteiger partial charge in [0, 0.05) is 24.0 Å². The SMILES string of the molecule is COc1ccc(Nc2nc(N[C@@H]3CCCC[C@@H]3N)ncc2C(N)=O)cc1-n1nccn1. The lowest BCUT2D eigenvalue weighted by Crippen LogP contribution is -2.43. The van der Waals surface area contributed by atoms with E-state index in [0.29, 0.717) is 28.9 Å². The molecule has 4 rings (SSSR count). The number of carbonyl (C=O) groups excluding carboxylic acids is 1. The van der Waals surface area contributed by atoms with Crippen molar-refractivity contribution in [2.45, 2.75) is 37.8 Å². The third-order valence-electron chi connectivity index (χ3n) is 5.26. The molecule has 162 valence electrons. The second-order valence-electron chi connectivity index (χ2n) is 7.35. The fourth-order valence-corrected chi connectivity index (χ4v) is 3.63. The Morgan fingerprint density at radius 3 is 2.71 bits per heavy atom. The van der Waals surface area contributed by atoms with Gasteiger partial charge in [-0.1, -0.05) is 12.8 Å². The molecular weight excluding hydrogens is 398 g/mol. The molecule has 0 unspecified atom stereocenters. The van der Waals surface area contributed by atoms with Crippen LogP contribution in [0.25, 0.3) is 5.69 Å². The van der Waals surface area contributed by atoms with E-state index in [4.69, 9.17) is 16.2 Å². The van der Waals surface area contributed by atoms with Gasteiger partial charge in [0.1, 0.15) is 22.8 Å². The Bertz CT molecular complexity index is 1050. The third-order valence-corrected chi connectivity index (χ3v) is 5.26. The van der Waals surface area contributed by atoms with Gasteiger partial charge in [-0.2, -0.15) is 15.2 Å². The average Bonchev–Trinajstić information content (AvgIpc) is 3.30. The average molecular weight is 423 g/mol. The summed E-state index contributed by atoms with van der Waals surface area (Å²) in [7, 11) is 1.57. The van der Waals surface area contributed by atoms with E-state index in [1.165, 1.54) is 11.0 Å². The summed E-state index contributed by atoms with van der Waals surface area (Å²) in [6.07, 6.45) is 8.69. The van der Waals surface area contributed by atoms with Gasteiger partial charge in [-0.05, 0) is 31.0 Å². The van der Waals surface area contributed by atoms with Crippen LogP contribution in [0.2, 0.25) is 0 Å². The molecule has 0 radical (unpaired) electrons. The van der Waals surface area contributed by atoms with Crippen LogP contribution in [0.1, 0.15) is 36.0 Å². The topological polar surface area (TPSA) is 159 Å². The Morgan fingerprint density at radius 2 is 2.00 bits per heavy atom. The van der Waals surface area contributed by atoms with Crippen LogP contribution in [0.4, 0.5) is 17.5 Å². The van der Waals surface area contributed by atoms with E-state index < -0.39 is 5.91 Å². The molecule has 0 saturated heterocycles. The van der Waals surface area contributed by atoms with Gasteiger partial charge in [-0.15, -0.1) is 4.80 Å². The van der Waals surface area contributed by atoms with Crippen molar-refractivity contribution >= 4 is 23.4 Å². The predicted molar refractivity (Wildman–Crippen MR) is 116 cm³/mol. The number of ether oxygens (including phenoxy) is 1. The number of amides is 1. The fraction of sp³-hybridized carbons (Fsp3) is 0.350. The van der Waals surface area contributed by atoms with Crippen LogP contribution in [0.15, 0.2) is 36.8 Å². The second-order valence-corrected chi connectivity index (χ2v) is 7.35. The molecule has 1 aromatic carbocycles. The molecule has 1 saturated carbocycles. The molecule has 31 heavy (non-hydrogen) atoms. The number of nitrogens with two attached hydrogens (primary N) is 2. The maximum absolute atomic E-state index is 11.9. The molecule has 11 nitrogen and oxygen atoms in total. The predicted octanol–water partition coefficient (Wildman–Crippen LogP) is 1.59. The van der Waals surface area contributed by atoms with Crippen LogP contribution in [-0.4, -0.2) is 50.1 Å². The van der Waals surface area contributed by atoms with E-state index in [1.54, 1.807) is 37.7 Å². The zero-order valence-electron chi connectivity index (χ0n) is 17.2. The third kappa shape index (κ3) is 4.56. The molecule has 0 aliphatic heterocycles. The Balaban J connectivity index is 1.63. The van der Waals surface area contributed by atoms with Crippen molar-refractivity contribution in [2.75, 3.05) is 17.7 Å². The Morgan fingerprint density at radius 1 is 1.23 bits per heavy atom. The molecule has 0 bridgehead atoms. The van der Waals surface area contributed by atoms with Gasteiger partial charge in [0.15, 0.2) is 0 Å². The summed E-state index contributed by atoms with van der Waals surface area (Å²) >= 11 is 0. The smallest absolute Gasteiger partial charge is 0.254 e. The number of primary amides is 1. The number of aromatic nitrogens is 5. The normalized spacial score (nSPS) is 18.4. The van der Waals surface area contributed by atoms with E-state index >= 15 is 0 Å². The molecular formula is C20H25N9O2. The van der Waals surface area contributed by atoms with Crippen LogP contribution in [0.3, 0.4) is 0 Å². The van der Waals surface area contributed by atoms with Gasteiger partial charge < -0.3 is 26.8 Å². The summed E-state index contributed by atoms with van der Waals surface area (Å²) in [5.41, 5.74) is 13.2. The molecule has 6 N–H and O–H groups in total. The van der Waals surface area contributed by atoms with Crippen LogP contribution >= 0.6 is 0 Å². The standard InChI is InChI=1S/C20H25N9O2/c1-31-17-7-6-12(10-16(17)29-24-8-9-25-29)26-19-13(18(22)30)11-23-20(28-19)27-15-5-3-2-4-14(15)21/h6-11,14-15H,2-5,21H2,1H3,(H2,22,30)(H2,23,26,27,28)/t14-,15+/m0/s1. The first-order chi connectivity index (χ1) is 15.0. The van der Waals surface area contributed by atoms with Crippen molar-refractivity contribution in [1.29, 1.82) is 0 Å². The number of benzene rings is 1. The first kappa shape index (κ1) is 20.5. The maximum atomic E-state index is 11.9. The van der Waals surface area contributed by atoms with E-state index in [1.807, 2.05) is 0 Å². The fourth-order valence-electron chi connectivity index (χ4n) is 3.63. The number of anilines is 3. The molecule has 2 heterocycles. The minimum absolute atomic E-state index is 0.0373. The zero-order chi connectivity index (χ0) is 21.8. The maximum Gasteiger partial charge on any atom is 0.254 e. The first-order valence-electron chi connectivity index (χ1n) is 10.1. The lowest BCUT2D eigenvalue weighted by Gasteiger charge is -2.29. The number of nitrogens with zero attached hydrogens (tertiary/aromatic N) is 5. The number of methoxy groups -OCH3 is 1. The highest BCUT2D eigenvalue weighted by atomic mass is 16.5. The van der Waals surface area contributed by atoms with E-state index in [2.05, 4.69) is 30.8 Å². The van der Waals surface area contributed by atoms with Crippen LogP contribution in [0, 0.1) is 0 Å². The molecule has 1 aliphatic carbocycles. The first-order valence-corrected chi connectivity index (χ1v) is 10.1. The van der Waals surface area contributed by atoms with Crippen molar-refractivity contribution in [2.24, 2.45) is 11.5 Å². The van der Waals surface area contributed by atoms with Crippen molar-refractivity contribution in [1.82, 2.24) is 25.0 Å². The summed E-state index contributed by atoms with van der Waals surface area (Å²) in [5, 5.41) is 14.7. The Kier molecular flexibility index (Phi) is 5.94. The number of rotatable bonds is 7. The number of hydrogen-bond acceptors (Lipinski definition) is 9. The minimum Gasteiger partial charge on any atom is -0.494 e. The van der Waals surface area contributed by atoms with Gasteiger partial charge in [0.2, 0.25) is 5.95 Å². The molecule has 11 heteroatoms. The van der Waals surface area contributed by atoms with Crippen molar-refractivity contribution in [3.8, 4) is 11.4 Å². The molecule has 3 aromatic rings. The van der Waals surface area contributed by atoms with Gasteiger partial charge in [0.25, 0.3) is 5.91 Å². The summed E-state index contributed by atoms with van der Waals surface area (Å²) in [6, 6.07) is 5.47. The summed E-state index contributed by atoms with van der Waals surface area (Å²) < 4.78 is 5.40. The molecule has 2 atom stereocenters. The Hall–Kier alpha value is -3.73. The second kappa shape index (κ2) is 8.96. The largest absolute Gasteiger partial charge is 0.494 e. The number of nitrogens with one attached hydrogen (secondary N) is 2. The highest BCUT2D eigenvalue weighted by Gasteiger charge is 2.23. The van der Waals surface area contributed by atoms with Crippen LogP contribution in [-0.2, 0) is 0 Å². The van der Waals surface area contributed by atoms with Gasteiger partial charge >= 0.3 is 0 Å². The highest BCUT2D eigenvalue weighted by Crippen LogP contribution is 2.28. The quantitative estimate of drug-likeness (QED) is 0.442. The molecule has 0 spiro atoms. The zero-order valence-corrected chi connectivity index (χ0v) is 17.2. The van der Waals surface area contributed by atoms with Crippen molar-refractivity contribution in [3.63, 3.8) is 0 Å². The number of hydrogen-bond donors (Lipinski definition) is 4. The van der Waals surface area contributed by atoms with Crippen molar-refractivity contribution in [3.05, 3.63) is 42.4 Å². The summed E-state index contributed by atoms with van der Waals surface area (Å²) in [6.45, 7) is 0. The van der Waals surface area contributed by atoms with E-state index in [-0.39, 0.29) is 17.6 Å². The highest BCUT2D eigenvalue weighted by molar-refractivity contribution is 5.98. The lowest BCUT2D eigenvalue weighted by atomic mass is 9.91. The van der Waals surface area contributed by atoms with E-state index in [0.717, 1.165) is 25.7 Å². The lowest BCUT2D eigenvalue weighted by molar-refractivity contribution is 0.100. The van der Waals surface area contributed by atoms with Crippen LogP contribution < -0.4 is 26.8 Å².